The molecule has 17 heavy (non-hydrogen) atoms. The fourth-order valence-corrected chi connectivity index (χ4v) is 1.63. The molecule has 0 aromatic heterocycles. The monoisotopic (exact) mass is 243 g/mol. The Hall–Kier alpha value is -0.610. The lowest BCUT2D eigenvalue weighted by Gasteiger charge is -2.23. The highest BCUT2D eigenvalue weighted by Gasteiger charge is 2.16. The van der Waals surface area contributed by atoms with Crippen LogP contribution in [0.3, 0.4) is 0 Å². The molecule has 0 saturated heterocycles. The standard InChI is InChI=1S/C13H29N3O/c1-5-6-7-10-15-13(17)12(2)16(4)11-8-9-14-3/h12,14H,5-11H2,1-4H3,(H,15,17). The predicted octanol–water partition coefficient (Wildman–Crippen LogP) is 1.22. The molecule has 1 unspecified atom stereocenters. The van der Waals surface area contributed by atoms with Gasteiger partial charge >= 0.3 is 0 Å². The average Bonchev–Trinajstić information content (AvgIpc) is 2.33. The Kier molecular flexibility index (Phi) is 10.2. The van der Waals surface area contributed by atoms with Crippen LogP contribution in [0.25, 0.3) is 0 Å². The summed E-state index contributed by atoms with van der Waals surface area (Å²) in [6.45, 7) is 6.88. The molecular weight excluding hydrogens is 214 g/mol. The molecule has 4 heteroatoms. The summed E-state index contributed by atoms with van der Waals surface area (Å²) in [5, 5.41) is 6.10. The van der Waals surface area contributed by atoms with Gasteiger partial charge in [-0.3, -0.25) is 9.69 Å². The number of carbonyl (C=O) groups is 1. The number of hydrogen-bond donors (Lipinski definition) is 2. The van der Waals surface area contributed by atoms with Crippen LogP contribution in [-0.2, 0) is 4.79 Å². The maximum atomic E-state index is 11.8. The highest BCUT2D eigenvalue weighted by Crippen LogP contribution is 1.98. The first kappa shape index (κ1) is 16.4. The van der Waals surface area contributed by atoms with Gasteiger partial charge in [0.1, 0.15) is 0 Å². The molecule has 0 aliphatic carbocycles. The molecule has 0 bridgehead atoms. The molecule has 0 aromatic rings. The van der Waals surface area contributed by atoms with Gasteiger partial charge in [0.15, 0.2) is 0 Å². The van der Waals surface area contributed by atoms with Crippen LogP contribution in [0, 0.1) is 0 Å². The second-order valence-corrected chi connectivity index (χ2v) is 4.61. The molecule has 2 N–H and O–H groups in total. The Balaban J connectivity index is 3.70. The van der Waals surface area contributed by atoms with E-state index in [9.17, 15) is 4.79 Å². The highest BCUT2D eigenvalue weighted by molar-refractivity contribution is 5.81. The van der Waals surface area contributed by atoms with Crippen LogP contribution in [-0.4, -0.2) is 50.6 Å². The number of nitrogens with zero attached hydrogens (tertiary/aromatic N) is 1. The number of rotatable bonds is 10. The highest BCUT2D eigenvalue weighted by atomic mass is 16.2. The van der Waals surface area contributed by atoms with Crippen LogP contribution in [0.4, 0.5) is 0 Å². The smallest absolute Gasteiger partial charge is 0.237 e. The van der Waals surface area contributed by atoms with Gasteiger partial charge in [0, 0.05) is 6.54 Å². The summed E-state index contributed by atoms with van der Waals surface area (Å²) in [5.74, 6) is 0.146. The van der Waals surface area contributed by atoms with Crippen LogP contribution >= 0.6 is 0 Å². The van der Waals surface area contributed by atoms with Gasteiger partial charge in [-0.2, -0.15) is 0 Å². The summed E-state index contributed by atoms with van der Waals surface area (Å²) in [6.07, 6.45) is 4.53. The van der Waals surface area contributed by atoms with Gasteiger partial charge < -0.3 is 10.6 Å². The number of hydrogen-bond acceptors (Lipinski definition) is 3. The lowest BCUT2D eigenvalue weighted by Crippen LogP contribution is -2.44. The summed E-state index contributed by atoms with van der Waals surface area (Å²) in [7, 11) is 3.95. The van der Waals surface area contributed by atoms with Crippen molar-refractivity contribution in [3.63, 3.8) is 0 Å². The maximum Gasteiger partial charge on any atom is 0.237 e. The van der Waals surface area contributed by atoms with Crippen molar-refractivity contribution < 1.29 is 4.79 Å². The van der Waals surface area contributed by atoms with E-state index in [1.165, 1.54) is 12.8 Å². The van der Waals surface area contributed by atoms with Crippen LogP contribution in [0.5, 0.6) is 0 Å². The summed E-state index contributed by atoms with van der Waals surface area (Å²) in [5.41, 5.74) is 0. The Morgan fingerprint density at radius 2 is 1.94 bits per heavy atom. The molecule has 0 heterocycles. The molecule has 102 valence electrons. The average molecular weight is 243 g/mol. The molecule has 0 rings (SSSR count). The normalized spacial score (nSPS) is 12.8. The van der Waals surface area contributed by atoms with E-state index in [1.54, 1.807) is 0 Å². The Bertz CT molecular complexity index is 197. The van der Waals surface area contributed by atoms with Gasteiger partial charge in [-0.25, -0.2) is 0 Å². The summed E-state index contributed by atoms with van der Waals surface area (Å²) in [4.78, 5) is 13.9. The van der Waals surface area contributed by atoms with E-state index in [0.29, 0.717) is 0 Å². The fraction of sp³-hybridized carbons (Fsp3) is 0.923. The molecule has 0 saturated carbocycles. The molecule has 0 aromatic carbocycles. The van der Waals surface area contributed by atoms with Crippen molar-refractivity contribution in [3.05, 3.63) is 0 Å². The van der Waals surface area contributed by atoms with E-state index in [2.05, 4.69) is 22.5 Å². The zero-order chi connectivity index (χ0) is 13.1. The quantitative estimate of drug-likeness (QED) is 0.567. The molecule has 1 atom stereocenters. The number of nitrogens with one attached hydrogen (secondary N) is 2. The fourth-order valence-electron chi connectivity index (χ4n) is 1.63. The molecule has 0 fully saturated rings. The minimum Gasteiger partial charge on any atom is -0.355 e. The van der Waals surface area contributed by atoms with Crippen LogP contribution in [0.15, 0.2) is 0 Å². The van der Waals surface area contributed by atoms with E-state index in [1.807, 2.05) is 21.0 Å². The number of likely N-dealkylation sites (N-methyl/N-ethyl adjacent to an activating group) is 1. The first-order valence-corrected chi connectivity index (χ1v) is 6.76. The molecule has 0 radical (unpaired) electrons. The third-order valence-corrected chi connectivity index (χ3v) is 3.06. The van der Waals surface area contributed by atoms with Crippen LogP contribution in [0.1, 0.15) is 39.5 Å². The molecular formula is C13H29N3O. The van der Waals surface area contributed by atoms with E-state index < -0.39 is 0 Å². The number of carbonyl (C=O) groups excluding carboxylic acids is 1. The zero-order valence-corrected chi connectivity index (χ0v) is 11.9. The van der Waals surface area contributed by atoms with Crippen molar-refractivity contribution in [2.75, 3.05) is 33.7 Å². The maximum absolute atomic E-state index is 11.8. The molecule has 0 spiro atoms. The van der Waals surface area contributed by atoms with Gasteiger partial charge in [-0.1, -0.05) is 19.8 Å². The van der Waals surface area contributed by atoms with Gasteiger partial charge in [0.05, 0.1) is 6.04 Å². The lowest BCUT2D eigenvalue weighted by atomic mass is 10.2. The summed E-state index contributed by atoms with van der Waals surface area (Å²) < 4.78 is 0. The van der Waals surface area contributed by atoms with Crippen LogP contribution in [0.2, 0.25) is 0 Å². The first-order valence-electron chi connectivity index (χ1n) is 6.76. The van der Waals surface area contributed by atoms with E-state index in [-0.39, 0.29) is 11.9 Å². The van der Waals surface area contributed by atoms with Gasteiger partial charge in [-0.15, -0.1) is 0 Å². The van der Waals surface area contributed by atoms with Gasteiger partial charge in [0.2, 0.25) is 5.91 Å². The lowest BCUT2D eigenvalue weighted by molar-refractivity contribution is -0.125. The van der Waals surface area contributed by atoms with Crippen molar-refractivity contribution in [1.29, 1.82) is 0 Å². The number of amides is 1. The van der Waals surface area contributed by atoms with Crippen molar-refractivity contribution in [2.24, 2.45) is 0 Å². The van der Waals surface area contributed by atoms with E-state index in [0.717, 1.165) is 32.5 Å². The minimum absolute atomic E-state index is 0.0338. The van der Waals surface area contributed by atoms with Crippen molar-refractivity contribution in [3.8, 4) is 0 Å². The van der Waals surface area contributed by atoms with Crippen molar-refractivity contribution in [1.82, 2.24) is 15.5 Å². The second-order valence-electron chi connectivity index (χ2n) is 4.61. The minimum atomic E-state index is -0.0338. The Morgan fingerprint density at radius 1 is 1.24 bits per heavy atom. The molecule has 0 aliphatic heterocycles. The van der Waals surface area contributed by atoms with E-state index >= 15 is 0 Å². The summed E-state index contributed by atoms with van der Waals surface area (Å²) in [6, 6.07) is -0.0338. The predicted molar refractivity (Wildman–Crippen MR) is 73.2 cm³/mol. The molecule has 4 nitrogen and oxygen atoms in total. The first-order chi connectivity index (χ1) is 8.13. The Labute approximate surface area is 106 Å². The largest absolute Gasteiger partial charge is 0.355 e. The SMILES string of the molecule is CCCCCNC(=O)C(C)N(C)CCCNC. The summed E-state index contributed by atoms with van der Waals surface area (Å²) >= 11 is 0. The third-order valence-electron chi connectivity index (χ3n) is 3.06. The van der Waals surface area contributed by atoms with Crippen molar-refractivity contribution >= 4 is 5.91 Å². The van der Waals surface area contributed by atoms with Gasteiger partial charge in [-0.05, 0) is 47.0 Å². The van der Waals surface area contributed by atoms with E-state index in [4.69, 9.17) is 0 Å². The third kappa shape index (κ3) is 8.16. The second kappa shape index (κ2) is 10.5. The zero-order valence-electron chi connectivity index (χ0n) is 11.9. The van der Waals surface area contributed by atoms with Crippen LogP contribution < -0.4 is 10.6 Å². The van der Waals surface area contributed by atoms with Gasteiger partial charge in [0.25, 0.3) is 0 Å². The topological polar surface area (TPSA) is 44.4 Å². The molecule has 0 aliphatic rings. The van der Waals surface area contributed by atoms with Crippen molar-refractivity contribution in [2.45, 2.75) is 45.6 Å². The number of unbranched alkanes of at least 4 members (excludes halogenated alkanes) is 2. The Morgan fingerprint density at radius 3 is 2.53 bits per heavy atom. The molecule has 1 amide bonds.